The fraction of sp³-hybridized carbons (Fsp3) is 0.304. The lowest BCUT2D eigenvalue weighted by Crippen LogP contribution is -2.35. The maximum Gasteiger partial charge on any atom is 0.294 e. The fourth-order valence-electron chi connectivity index (χ4n) is 4.09. The largest absolute Gasteiger partial charge is 0.483 e. The first-order valence-electron chi connectivity index (χ1n) is 9.72. The van der Waals surface area contributed by atoms with Gasteiger partial charge in [-0.2, -0.15) is 0 Å². The van der Waals surface area contributed by atoms with Gasteiger partial charge in [-0.05, 0) is 56.9 Å². The van der Waals surface area contributed by atoms with Crippen LogP contribution in [0, 0.1) is 20.8 Å². The molecule has 0 fully saturated rings. The summed E-state index contributed by atoms with van der Waals surface area (Å²) in [5, 5.41) is 1.00. The van der Waals surface area contributed by atoms with E-state index in [1.54, 1.807) is 11.0 Å². The molecule has 0 atom stereocenters. The molecule has 1 aliphatic rings. The molecule has 1 aromatic heterocycles. The Balaban J connectivity index is 1.75. The van der Waals surface area contributed by atoms with E-state index in [4.69, 9.17) is 14.9 Å². The standard InChI is InChI=1S/C23H24N2O4/c1-13-9-10-14(2)21-20(13)15(3)22(29-21)23(27)25-11-5-6-16-17(25)7-4-8-18(16)28-12-19(24)26/h4,7-10H,5-6,11-12H2,1-3H3,(H2,24,26). The first kappa shape index (κ1) is 19.1. The van der Waals surface area contributed by atoms with Gasteiger partial charge in [-0.25, -0.2) is 0 Å². The van der Waals surface area contributed by atoms with Crippen LogP contribution in [0.3, 0.4) is 0 Å². The Morgan fingerprint density at radius 3 is 2.62 bits per heavy atom. The molecule has 0 bridgehead atoms. The van der Waals surface area contributed by atoms with Gasteiger partial charge in [0.15, 0.2) is 12.4 Å². The number of anilines is 1. The molecule has 0 radical (unpaired) electrons. The van der Waals surface area contributed by atoms with E-state index < -0.39 is 5.91 Å². The van der Waals surface area contributed by atoms with Crippen LogP contribution in [0.4, 0.5) is 5.69 Å². The number of aryl methyl sites for hydroxylation is 3. The van der Waals surface area contributed by atoms with E-state index in [1.807, 2.05) is 45.0 Å². The Morgan fingerprint density at radius 1 is 1.14 bits per heavy atom. The van der Waals surface area contributed by atoms with Gasteiger partial charge in [-0.3, -0.25) is 9.59 Å². The van der Waals surface area contributed by atoms with Crippen molar-refractivity contribution in [2.24, 2.45) is 5.73 Å². The second-order valence-electron chi connectivity index (χ2n) is 7.53. The van der Waals surface area contributed by atoms with Crippen LogP contribution in [-0.2, 0) is 11.2 Å². The SMILES string of the molecule is Cc1ccc(C)c2c(C)c(C(=O)N3CCCc4c(OCC(N)=O)cccc43)oc12. The number of ether oxygens (including phenoxy) is 1. The zero-order valence-electron chi connectivity index (χ0n) is 16.9. The molecule has 0 saturated heterocycles. The smallest absolute Gasteiger partial charge is 0.294 e. The van der Waals surface area contributed by atoms with E-state index in [9.17, 15) is 9.59 Å². The summed E-state index contributed by atoms with van der Waals surface area (Å²) >= 11 is 0. The number of carbonyl (C=O) groups is 2. The quantitative estimate of drug-likeness (QED) is 0.731. The number of rotatable bonds is 4. The second kappa shape index (κ2) is 7.28. The maximum atomic E-state index is 13.5. The van der Waals surface area contributed by atoms with Gasteiger partial charge in [0.05, 0.1) is 5.69 Å². The van der Waals surface area contributed by atoms with Gasteiger partial charge in [0.25, 0.3) is 11.8 Å². The average molecular weight is 392 g/mol. The third-order valence-electron chi connectivity index (χ3n) is 5.50. The third kappa shape index (κ3) is 3.24. The van der Waals surface area contributed by atoms with Gasteiger partial charge in [-0.1, -0.05) is 18.2 Å². The second-order valence-corrected chi connectivity index (χ2v) is 7.53. The molecule has 6 heteroatoms. The summed E-state index contributed by atoms with van der Waals surface area (Å²) in [5.41, 5.74) is 10.6. The molecule has 0 unspecified atom stereocenters. The van der Waals surface area contributed by atoms with Gasteiger partial charge in [0.1, 0.15) is 11.3 Å². The Labute approximate surface area is 169 Å². The van der Waals surface area contributed by atoms with E-state index in [0.717, 1.165) is 51.8 Å². The first-order valence-corrected chi connectivity index (χ1v) is 9.72. The van der Waals surface area contributed by atoms with Crippen molar-refractivity contribution in [3.63, 3.8) is 0 Å². The number of carbonyl (C=O) groups excluding carboxylic acids is 2. The fourth-order valence-corrected chi connectivity index (χ4v) is 4.09. The van der Waals surface area contributed by atoms with Crippen molar-refractivity contribution in [3.05, 3.63) is 58.3 Å². The monoisotopic (exact) mass is 392 g/mol. The molecule has 4 rings (SSSR count). The van der Waals surface area contributed by atoms with Crippen molar-refractivity contribution in [2.45, 2.75) is 33.6 Å². The molecule has 2 amide bonds. The summed E-state index contributed by atoms with van der Waals surface area (Å²) in [6, 6.07) is 9.58. The highest BCUT2D eigenvalue weighted by Gasteiger charge is 2.30. The highest BCUT2D eigenvalue weighted by molar-refractivity contribution is 6.09. The summed E-state index contributed by atoms with van der Waals surface area (Å²) < 4.78 is 11.6. The number of nitrogens with zero attached hydrogens (tertiary/aromatic N) is 1. The van der Waals surface area contributed by atoms with Crippen molar-refractivity contribution < 1.29 is 18.7 Å². The third-order valence-corrected chi connectivity index (χ3v) is 5.50. The highest BCUT2D eigenvalue weighted by Crippen LogP contribution is 2.37. The number of nitrogens with two attached hydrogens (primary N) is 1. The van der Waals surface area contributed by atoms with Crippen LogP contribution in [-0.4, -0.2) is 25.0 Å². The van der Waals surface area contributed by atoms with E-state index in [1.165, 1.54) is 0 Å². The summed E-state index contributed by atoms with van der Waals surface area (Å²) in [4.78, 5) is 26.3. The van der Waals surface area contributed by atoms with Gasteiger partial charge in [0.2, 0.25) is 0 Å². The molecule has 3 aromatic rings. The van der Waals surface area contributed by atoms with Crippen molar-refractivity contribution in [3.8, 4) is 5.75 Å². The van der Waals surface area contributed by atoms with Crippen molar-refractivity contribution in [1.29, 1.82) is 0 Å². The first-order chi connectivity index (χ1) is 13.9. The van der Waals surface area contributed by atoms with Gasteiger partial charge >= 0.3 is 0 Å². The maximum absolute atomic E-state index is 13.5. The molecule has 2 aromatic carbocycles. The predicted molar refractivity (Wildman–Crippen MR) is 112 cm³/mol. The van der Waals surface area contributed by atoms with Crippen molar-refractivity contribution in [1.82, 2.24) is 0 Å². The molecule has 1 aliphatic heterocycles. The molecule has 2 heterocycles. The number of primary amides is 1. The van der Waals surface area contributed by atoms with Crippen molar-refractivity contribution in [2.75, 3.05) is 18.1 Å². The summed E-state index contributed by atoms with van der Waals surface area (Å²) in [6.45, 7) is 6.35. The summed E-state index contributed by atoms with van der Waals surface area (Å²) in [7, 11) is 0. The zero-order valence-corrected chi connectivity index (χ0v) is 16.9. The number of amides is 2. The Bertz CT molecular complexity index is 1130. The Morgan fingerprint density at radius 2 is 1.90 bits per heavy atom. The molecular formula is C23H24N2O4. The minimum absolute atomic E-state index is 0.162. The van der Waals surface area contributed by atoms with Gasteiger partial charge in [0, 0.05) is 23.1 Å². The zero-order chi connectivity index (χ0) is 20.7. The molecule has 6 nitrogen and oxygen atoms in total. The van der Waals surface area contributed by atoms with Crippen LogP contribution in [0.1, 0.15) is 39.2 Å². The van der Waals surface area contributed by atoms with Crippen LogP contribution >= 0.6 is 0 Å². The molecular weight excluding hydrogens is 368 g/mol. The number of benzene rings is 2. The molecule has 0 aliphatic carbocycles. The Hall–Kier alpha value is -3.28. The highest BCUT2D eigenvalue weighted by atomic mass is 16.5. The lowest BCUT2D eigenvalue weighted by Gasteiger charge is -2.30. The molecule has 0 saturated carbocycles. The minimum Gasteiger partial charge on any atom is -0.483 e. The number of furan rings is 1. The van der Waals surface area contributed by atoms with Gasteiger partial charge < -0.3 is 19.8 Å². The Kier molecular flexibility index (Phi) is 4.78. The van der Waals surface area contributed by atoms with Crippen LogP contribution in [0.2, 0.25) is 0 Å². The number of hydrogen-bond donors (Lipinski definition) is 1. The topological polar surface area (TPSA) is 85.8 Å². The van der Waals surface area contributed by atoms with Gasteiger partial charge in [-0.15, -0.1) is 0 Å². The van der Waals surface area contributed by atoms with E-state index >= 15 is 0 Å². The predicted octanol–water partition coefficient (Wildman–Crippen LogP) is 3.82. The molecule has 29 heavy (non-hydrogen) atoms. The molecule has 0 spiro atoms. The lowest BCUT2D eigenvalue weighted by molar-refractivity contribution is -0.119. The van der Waals surface area contributed by atoms with E-state index in [0.29, 0.717) is 18.1 Å². The molecule has 2 N–H and O–H groups in total. The van der Waals surface area contributed by atoms with Crippen LogP contribution in [0.5, 0.6) is 5.75 Å². The average Bonchev–Trinajstić information content (AvgIpc) is 3.06. The van der Waals surface area contributed by atoms with Crippen LogP contribution < -0.4 is 15.4 Å². The molecule has 150 valence electrons. The number of hydrogen-bond acceptors (Lipinski definition) is 4. The van der Waals surface area contributed by atoms with E-state index in [2.05, 4.69) is 0 Å². The number of fused-ring (bicyclic) bond motifs is 2. The normalized spacial score (nSPS) is 13.4. The summed E-state index contributed by atoms with van der Waals surface area (Å²) in [5.74, 6) is 0.265. The summed E-state index contributed by atoms with van der Waals surface area (Å²) in [6.07, 6.45) is 1.57. The lowest BCUT2D eigenvalue weighted by atomic mass is 9.99. The van der Waals surface area contributed by atoms with E-state index in [-0.39, 0.29) is 12.5 Å². The van der Waals surface area contributed by atoms with Crippen molar-refractivity contribution >= 4 is 28.5 Å². The minimum atomic E-state index is -0.532. The van der Waals surface area contributed by atoms with Crippen LogP contribution in [0.25, 0.3) is 11.0 Å². The van der Waals surface area contributed by atoms with Crippen LogP contribution in [0.15, 0.2) is 34.7 Å².